The first-order valence-corrected chi connectivity index (χ1v) is 6.90. The number of nitrogens with two attached hydrogens (primary N) is 1. The quantitative estimate of drug-likeness (QED) is 0.752. The molecule has 0 fully saturated rings. The van der Waals surface area contributed by atoms with Gasteiger partial charge in [-0.25, -0.2) is 4.98 Å². The molecule has 1 heterocycles. The molecule has 1 aromatic heterocycles. The zero-order chi connectivity index (χ0) is 14.5. The van der Waals surface area contributed by atoms with E-state index in [1.807, 2.05) is 42.5 Å². The van der Waals surface area contributed by atoms with Crippen LogP contribution in [0.4, 0.5) is 11.5 Å². The molecule has 0 atom stereocenters. The van der Waals surface area contributed by atoms with Crippen molar-refractivity contribution in [1.82, 2.24) is 4.98 Å². The molecular weight excluding hydrogens is 262 g/mol. The zero-order valence-corrected chi connectivity index (χ0v) is 11.6. The van der Waals surface area contributed by atoms with E-state index in [4.69, 9.17) is 10.5 Å². The van der Waals surface area contributed by atoms with Crippen LogP contribution < -0.4 is 15.8 Å². The van der Waals surface area contributed by atoms with Gasteiger partial charge in [-0.2, -0.15) is 0 Å². The molecular formula is C17H17N3O. The van der Waals surface area contributed by atoms with Crippen molar-refractivity contribution in [3.05, 3.63) is 60.8 Å². The molecule has 3 rings (SSSR count). The third-order valence-corrected chi connectivity index (χ3v) is 3.16. The van der Waals surface area contributed by atoms with Gasteiger partial charge in [0.15, 0.2) is 0 Å². The van der Waals surface area contributed by atoms with E-state index < -0.39 is 0 Å². The maximum Gasteiger partial charge on any atom is 0.138 e. The Morgan fingerprint density at radius 2 is 1.95 bits per heavy atom. The summed E-state index contributed by atoms with van der Waals surface area (Å²) >= 11 is 0. The Bertz CT molecular complexity index is 737. The number of rotatable bonds is 5. The molecule has 0 amide bonds. The van der Waals surface area contributed by atoms with Crippen molar-refractivity contribution >= 4 is 22.3 Å². The van der Waals surface area contributed by atoms with Gasteiger partial charge in [0.2, 0.25) is 0 Å². The maximum atomic E-state index is 5.54. The number of anilines is 2. The molecule has 0 spiro atoms. The topological polar surface area (TPSA) is 60.2 Å². The maximum absolute atomic E-state index is 5.54. The third kappa shape index (κ3) is 3.12. The van der Waals surface area contributed by atoms with Crippen molar-refractivity contribution in [3.8, 4) is 5.75 Å². The lowest BCUT2D eigenvalue weighted by molar-refractivity contribution is 0.328. The molecule has 3 N–H and O–H groups in total. The largest absolute Gasteiger partial charge is 0.492 e. The number of fused-ring (bicyclic) bond motifs is 1. The summed E-state index contributed by atoms with van der Waals surface area (Å²) in [5.74, 6) is 1.63. The molecule has 0 aliphatic rings. The van der Waals surface area contributed by atoms with Crippen LogP contribution in [0.5, 0.6) is 5.75 Å². The fourth-order valence-electron chi connectivity index (χ4n) is 2.20. The van der Waals surface area contributed by atoms with Gasteiger partial charge in [0.25, 0.3) is 0 Å². The summed E-state index contributed by atoms with van der Waals surface area (Å²) in [6.45, 7) is 1.01. The first kappa shape index (κ1) is 13.4. The van der Waals surface area contributed by atoms with Crippen LogP contribution in [-0.2, 0) is 0 Å². The summed E-state index contributed by atoms with van der Waals surface area (Å²) in [6, 6.07) is 17.9. The number of hydrogen-bond donors (Lipinski definition) is 2. The van der Waals surface area contributed by atoms with Crippen molar-refractivity contribution in [1.29, 1.82) is 0 Å². The number of nitrogens with one attached hydrogen (secondary N) is 1. The minimum absolute atomic E-state index is 0.503. The predicted octanol–water partition coefficient (Wildman–Crippen LogP) is 3.32. The summed E-state index contributed by atoms with van der Waals surface area (Å²) in [5.41, 5.74) is 6.39. The Hall–Kier alpha value is -2.59. The zero-order valence-electron chi connectivity index (χ0n) is 11.6. The van der Waals surface area contributed by atoms with Crippen LogP contribution >= 0.6 is 0 Å². The summed E-state index contributed by atoms with van der Waals surface area (Å²) in [4.78, 5) is 4.42. The summed E-state index contributed by atoms with van der Waals surface area (Å²) < 4.78 is 5.54. The Morgan fingerprint density at radius 1 is 1.05 bits per heavy atom. The van der Waals surface area contributed by atoms with Gasteiger partial charge in [-0.05, 0) is 23.6 Å². The van der Waals surface area contributed by atoms with E-state index in [2.05, 4.69) is 22.4 Å². The van der Waals surface area contributed by atoms with Crippen molar-refractivity contribution in [2.75, 3.05) is 18.5 Å². The normalized spacial score (nSPS) is 10.5. The number of ether oxygens (including phenoxy) is 1. The molecule has 0 saturated heterocycles. The predicted molar refractivity (Wildman–Crippen MR) is 86.0 cm³/mol. The van der Waals surface area contributed by atoms with Gasteiger partial charge < -0.3 is 15.8 Å². The SMILES string of the molecule is NCCOc1cccc(Nc2nccc3ccccc23)c1. The highest BCUT2D eigenvalue weighted by atomic mass is 16.5. The van der Waals surface area contributed by atoms with E-state index in [0.29, 0.717) is 13.2 Å². The van der Waals surface area contributed by atoms with E-state index >= 15 is 0 Å². The van der Waals surface area contributed by atoms with E-state index in [1.165, 1.54) is 0 Å². The first-order chi connectivity index (χ1) is 10.4. The highest BCUT2D eigenvalue weighted by Crippen LogP contribution is 2.25. The standard InChI is InChI=1S/C17H17N3O/c18-9-11-21-15-6-3-5-14(12-15)20-17-16-7-2-1-4-13(16)8-10-19-17/h1-8,10,12H,9,11,18H2,(H,19,20). The van der Waals surface area contributed by atoms with Crippen molar-refractivity contribution in [3.63, 3.8) is 0 Å². The number of nitrogens with zero attached hydrogens (tertiary/aromatic N) is 1. The van der Waals surface area contributed by atoms with Gasteiger partial charge in [0.1, 0.15) is 18.2 Å². The highest BCUT2D eigenvalue weighted by molar-refractivity contribution is 5.93. The van der Waals surface area contributed by atoms with E-state index in [0.717, 1.165) is 28.0 Å². The van der Waals surface area contributed by atoms with Crippen LogP contribution in [0.1, 0.15) is 0 Å². The molecule has 0 unspecified atom stereocenters. The van der Waals surface area contributed by atoms with Gasteiger partial charge >= 0.3 is 0 Å². The molecule has 4 heteroatoms. The van der Waals surface area contributed by atoms with Crippen molar-refractivity contribution in [2.45, 2.75) is 0 Å². The summed E-state index contributed by atoms with van der Waals surface area (Å²) in [5, 5.41) is 5.59. The molecule has 106 valence electrons. The second kappa shape index (κ2) is 6.24. The van der Waals surface area contributed by atoms with Crippen LogP contribution in [0.25, 0.3) is 10.8 Å². The Morgan fingerprint density at radius 3 is 2.86 bits per heavy atom. The minimum Gasteiger partial charge on any atom is -0.492 e. The smallest absolute Gasteiger partial charge is 0.138 e. The lowest BCUT2D eigenvalue weighted by Crippen LogP contribution is -2.10. The van der Waals surface area contributed by atoms with Crippen molar-refractivity contribution < 1.29 is 4.74 Å². The van der Waals surface area contributed by atoms with Crippen LogP contribution in [0.2, 0.25) is 0 Å². The summed E-state index contributed by atoms with van der Waals surface area (Å²) in [7, 11) is 0. The average Bonchev–Trinajstić information content (AvgIpc) is 2.54. The van der Waals surface area contributed by atoms with Gasteiger partial charge in [0.05, 0.1) is 0 Å². The van der Waals surface area contributed by atoms with Crippen LogP contribution in [0.15, 0.2) is 60.8 Å². The number of benzene rings is 2. The van der Waals surface area contributed by atoms with E-state index in [1.54, 1.807) is 6.20 Å². The lowest BCUT2D eigenvalue weighted by Gasteiger charge is -2.10. The van der Waals surface area contributed by atoms with Crippen molar-refractivity contribution in [2.24, 2.45) is 5.73 Å². The molecule has 0 radical (unpaired) electrons. The average molecular weight is 279 g/mol. The Kier molecular flexibility index (Phi) is 3.98. The van der Waals surface area contributed by atoms with Crippen LogP contribution in [0, 0.1) is 0 Å². The van der Waals surface area contributed by atoms with Gasteiger partial charge in [0, 0.05) is 29.9 Å². The molecule has 0 saturated carbocycles. The molecule has 4 nitrogen and oxygen atoms in total. The number of aromatic nitrogens is 1. The second-order valence-electron chi connectivity index (χ2n) is 4.67. The molecule has 2 aromatic carbocycles. The van der Waals surface area contributed by atoms with Gasteiger partial charge in [-0.1, -0.05) is 30.3 Å². The highest BCUT2D eigenvalue weighted by Gasteiger charge is 2.03. The van der Waals surface area contributed by atoms with Crippen LogP contribution in [-0.4, -0.2) is 18.1 Å². The summed E-state index contributed by atoms with van der Waals surface area (Å²) in [6.07, 6.45) is 1.80. The lowest BCUT2D eigenvalue weighted by atomic mass is 10.1. The fraction of sp³-hybridized carbons (Fsp3) is 0.118. The Labute approximate surface area is 123 Å². The second-order valence-corrected chi connectivity index (χ2v) is 4.67. The monoisotopic (exact) mass is 279 g/mol. The number of pyridine rings is 1. The van der Waals surface area contributed by atoms with Gasteiger partial charge in [-0.3, -0.25) is 0 Å². The third-order valence-electron chi connectivity index (χ3n) is 3.16. The molecule has 3 aromatic rings. The van der Waals surface area contributed by atoms with E-state index in [9.17, 15) is 0 Å². The molecule has 0 bridgehead atoms. The molecule has 0 aliphatic heterocycles. The van der Waals surface area contributed by atoms with Crippen LogP contribution in [0.3, 0.4) is 0 Å². The Balaban J connectivity index is 1.88. The first-order valence-electron chi connectivity index (χ1n) is 6.90. The fourth-order valence-corrected chi connectivity index (χ4v) is 2.20. The molecule has 0 aliphatic carbocycles. The molecule has 21 heavy (non-hydrogen) atoms. The van der Waals surface area contributed by atoms with Gasteiger partial charge in [-0.15, -0.1) is 0 Å². The van der Waals surface area contributed by atoms with E-state index in [-0.39, 0.29) is 0 Å². The minimum atomic E-state index is 0.503. The number of hydrogen-bond acceptors (Lipinski definition) is 4.